The van der Waals surface area contributed by atoms with E-state index in [9.17, 15) is 19.1 Å². The molecule has 2 aliphatic rings. The minimum atomic E-state index is -1.54. The van der Waals surface area contributed by atoms with Gasteiger partial charge in [0.2, 0.25) is 6.23 Å². The predicted molar refractivity (Wildman–Crippen MR) is 128 cm³/mol. The smallest absolute Gasteiger partial charge is 0.269 e. The second-order valence-electron chi connectivity index (χ2n) is 9.93. The fraction of sp³-hybridized carbons (Fsp3) is 0.481. The second kappa shape index (κ2) is 10.2. The van der Waals surface area contributed by atoms with Crippen molar-refractivity contribution in [3.63, 3.8) is 0 Å². The number of amides is 2. The Kier molecular flexibility index (Phi) is 7.33. The average Bonchev–Trinajstić information content (AvgIpc) is 3.14. The Morgan fingerprint density at radius 3 is 2.56 bits per heavy atom. The van der Waals surface area contributed by atoms with Gasteiger partial charge >= 0.3 is 0 Å². The number of benzene rings is 2. The lowest BCUT2D eigenvalue weighted by Crippen LogP contribution is -2.45. The molecule has 7 heteroatoms. The van der Waals surface area contributed by atoms with Crippen LogP contribution in [0.5, 0.6) is 0 Å². The highest BCUT2D eigenvalue weighted by Gasteiger charge is 2.36. The average molecular weight is 468 g/mol. The maximum atomic E-state index is 14.7. The lowest BCUT2D eigenvalue weighted by atomic mass is 9.91. The van der Waals surface area contributed by atoms with E-state index in [-0.39, 0.29) is 18.3 Å². The van der Waals surface area contributed by atoms with Gasteiger partial charge in [0.25, 0.3) is 11.8 Å². The van der Waals surface area contributed by atoms with Crippen LogP contribution < -0.4 is 5.32 Å². The van der Waals surface area contributed by atoms with Crippen molar-refractivity contribution in [3.8, 4) is 0 Å². The van der Waals surface area contributed by atoms with Gasteiger partial charge in [-0.1, -0.05) is 38.1 Å². The van der Waals surface area contributed by atoms with Crippen LogP contribution in [0.15, 0.2) is 36.4 Å². The van der Waals surface area contributed by atoms with E-state index in [1.54, 1.807) is 18.2 Å². The third-order valence-electron chi connectivity index (χ3n) is 6.99. The van der Waals surface area contributed by atoms with Gasteiger partial charge < -0.3 is 15.3 Å². The summed E-state index contributed by atoms with van der Waals surface area (Å²) in [6, 6.07) is 10.8. The molecule has 0 radical (unpaired) electrons. The summed E-state index contributed by atoms with van der Waals surface area (Å²) in [7, 11) is 1.42. The first-order valence-electron chi connectivity index (χ1n) is 12.1. The molecule has 3 unspecified atom stereocenters. The number of likely N-dealkylation sites (tertiary alicyclic amines) is 1. The van der Waals surface area contributed by atoms with Crippen LogP contribution in [0, 0.1) is 17.7 Å². The van der Waals surface area contributed by atoms with Crippen LogP contribution in [0.3, 0.4) is 0 Å². The van der Waals surface area contributed by atoms with Gasteiger partial charge in [0.05, 0.1) is 6.54 Å². The van der Waals surface area contributed by atoms with Crippen LogP contribution in [-0.2, 0) is 30.7 Å². The maximum absolute atomic E-state index is 14.7. The second-order valence-corrected chi connectivity index (χ2v) is 9.93. The molecule has 2 aliphatic heterocycles. The minimum Gasteiger partial charge on any atom is -0.365 e. The molecule has 34 heavy (non-hydrogen) atoms. The van der Waals surface area contributed by atoms with Crippen LogP contribution in [0.25, 0.3) is 0 Å². The van der Waals surface area contributed by atoms with E-state index in [4.69, 9.17) is 0 Å². The molecule has 6 nitrogen and oxygen atoms in total. The third kappa shape index (κ3) is 5.15. The molecule has 0 bridgehead atoms. The molecule has 0 saturated carbocycles. The van der Waals surface area contributed by atoms with Crippen molar-refractivity contribution < 1.29 is 19.1 Å². The summed E-state index contributed by atoms with van der Waals surface area (Å²) in [6.45, 7) is 7.70. The van der Waals surface area contributed by atoms with Crippen molar-refractivity contribution in [1.82, 2.24) is 15.1 Å². The van der Waals surface area contributed by atoms with Crippen LogP contribution in [-0.4, -0.2) is 53.1 Å². The lowest BCUT2D eigenvalue weighted by Gasteiger charge is -2.35. The molecule has 0 aliphatic carbocycles. The topological polar surface area (TPSA) is 72.9 Å². The molecule has 2 N–H and O–H groups in total. The lowest BCUT2D eigenvalue weighted by molar-refractivity contribution is -0.136. The first-order valence-corrected chi connectivity index (χ1v) is 12.1. The molecule has 3 atom stereocenters. The molecule has 2 heterocycles. The SMILES string of the molecule is CNC(=O)C(O)N1Cc2c(CCc3cc(CN4CC(C)CC(C)C4)ccc3F)cccc2C1=O. The zero-order valence-corrected chi connectivity index (χ0v) is 20.2. The number of aliphatic hydroxyl groups excluding tert-OH is 1. The van der Waals surface area contributed by atoms with Gasteiger partial charge in [-0.2, -0.15) is 0 Å². The number of nitrogens with zero attached hydrogens (tertiary/aromatic N) is 2. The van der Waals surface area contributed by atoms with E-state index in [1.807, 2.05) is 18.2 Å². The Labute approximate surface area is 200 Å². The largest absolute Gasteiger partial charge is 0.365 e. The number of carbonyl (C=O) groups is 2. The molecule has 2 aromatic carbocycles. The van der Waals surface area contributed by atoms with E-state index >= 15 is 0 Å². The zero-order valence-electron chi connectivity index (χ0n) is 20.2. The van der Waals surface area contributed by atoms with E-state index in [1.165, 1.54) is 13.5 Å². The molecular weight excluding hydrogens is 433 g/mol. The highest BCUT2D eigenvalue weighted by atomic mass is 19.1. The number of aryl methyl sites for hydroxylation is 2. The first kappa shape index (κ1) is 24.4. The van der Waals surface area contributed by atoms with Crippen LogP contribution in [0.1, 0.15) is 52.9 Å². The van der Waals surface area contributed by atoms with Crippen molar-refractivity contribution in [2.24, 2.45) is 11.8 Å². The van der Waals surface area contributed by atoms with Crippen molar-refractivity contribution in [3.05, 3.63) is 70.0 Å². The van der Waals surface area contributed by atoms with Gasteiger partial charge in [0.15, 0.2) is 0 Å². The number of hydrogen-bond donors (Lipinski definition) is 2. The Morgan fingerprint density at radius 2 is 1.85 bits per heavy atom. The molecule has 0 spiro atoms. The van der Waals surface area contributed by atoms with Crippen LogP contribution in [0.4, 0.5) is 4.39 Å². The fourth-order valence-corrected chi connectivity index (χ4v) is 5.49. The molecule has 4 rings (SSSR count). The van der Waals surface area contributed by atoms with E-state index in [0.717, 1.165) is 41.2 Å². The Morgan fingerprint density at radius 1 is 1.15 bits per heavy atom. The van der Waals surface area contributed by atoms with Gasteiger partial charge in [-0.25, -0.2) is 4.39 Å². The minimum absolute atomic E-state index is 0.160. The molecule has 1 fully saturated rings. The first-order chi connectivity index (χ1) is 16.3. The van der Waals surface area contributed by atoms with Gasteiger partial charge in [0, 0.05) is 32.2 Å². The number of nitrogens with one attached hydrogen (secondary N) is 1. The number of aliphatic hydroxyl groups is 1. The van der Waals surface area contributed by atoms with E-state index in [0.29, 0.717) is 35.8 Å². The number of hydrogen-bond acceptors (Lipinski definition) is 4. The highest BCUT2D eigenvalue weighted by molar-refractivity contribution is 6.01. The summed E-state index contributed by atoms with van der Waals surface area (Å²) in [5.41, 5.74) is 4.00. The number of carbonyl (C=O) groups excluding carboxylic acids is 2. The summed E-state index contributed by atoms with van der Waals surface area (Å²) in [5, 5.41) is 12.6. The Bertz CT molecular complexity index is 1060. The molecule has 182 valence electrons. The van der Waals surface area contributed by atoms with Crippen molar-refractivity contribution in [2.75, 3.05) is 20.1 Å². The highest BCUT2D eigenvalue weighted by Crippen LogP contribution is 2.29. The normalized spacial score (nSPS) is 21.4. The molecule has 2 amide bonds. The Hall–Kier alpha value is -2.77. The number of piperidine rings is 1. The number of halogens is 1. The molecule has 2 aromatic rings. The predicted octanol–water partition coefficient (Wildman–Crippen LogP) is 3.11. The number of rotatable bonds is 7. The zero-order chi connectivity index (χ0) is 24.4. The van der Waals surface area contributed by atoms with E-state index < -0.39 is 12.1 Å². The van der Waals surface area contributed by atoms with Gasteiger partial charge in [-0.3, -0.25) is 14.5 Å². The monoisotopic (exact) mass is 467 g/mol. The summed E-state index contributed by atoms with van der Waals surface area (Å²) >= 11 is 0. The summed E-state index contributed by atoms with van der Waals surface area (Å²) < 4.78 is 14.7. The van der Waals surface area contributed by atoms with E-state index in [2.05, 4.69) is 24.1 Å². The maximum Gasteiger partial charge on any atom is 0.269 e. The van der Waals surface area contributed by atoms with Crippen molar-refractivity contribution in [2.45, 2.75) is 52.4 Å². The summed E-state index contributed by atoms with van der Waals surface area (Å²) in [4.78, 5) is 28.2. The fourth-order valence-electron chi connectivity index (χ4n) is 5.49. The summed E-state index contributed by atoms with van der Waals surface area (Å²) in [5.74, 6) is 0.135. The van der Waals surface area contributed by atoms with Crippen molar-refractivity contribution >= 4 is 11.8 Å². The Balaban J connectivity index is 1.46. The summed E-state index contributed by atoms with van der Waals surface area (Å²) in [6.07, 6.45) is 0.799. The third-order valence-corrected chi connectivity index (χ3v) is 6.99. The molecule has 1 saturated heterocycles. The number of fused-ring (bicyclic) bond motifs is 1. The quantitative estimate of drug-likeness (QED) is 0.656. The van der Waals surface area contributed by atoms with Crippen LogP contribution in [0.2, 0.25) is 0 Å². The molecule has 0 aromatic heterocycles. The number of likely N-dealkylation sites (N-methyl/N-ethyl adjacent to an activating group) is 1. The van der Waals surface area contributed by atoms with Crippen LogP contribution >= 0.6 is 0 Å². The molecular formula is C27H34FN3O3. The standard InChI is InChI=1S/C27H34FN3O3/c1-17-11-18(2)14-30(13-17)15-19-7-10-24(28)21(12-19)9-8-20-5-4-6-22-23(20)16-31(26(22)33)27(34)25(32)29-3/h4-7,10,12,17-18,27,34H,8-9,11,13-16H2,1-3H3,(H,29,32). The van der Waals surface area contributed by atoms with Gasteiger partial charge in [-0.05, 0) is 65.5 Å². The van der Waals surface area contributed by atoms with Gasteiger partial charge in [0.1, 0.15) is 5.82 Å². The van der Waals surface area contributed by atoms with Crippen molar-refractivity contribution in [1.29, 1.82) is 0 Å². The van der Waals surface area contributed by atoms with Gasteiger partial charge in [-0.15, -0.1) is 0 Å².